The Morgan fingerprint density at radius 1 is 1.19 bits per heavy atom. The van der Waals surface area contributed by atoms with Crippen LogP contribution in [0.4, 0.5) is 0 Å². The first-order valence-corrected chi connectivity index (χ1v) is 8.10. The number of benzene rings is 1. The number of nitrogens with zero attached hydrogens (tertiary/aromatic N) is 2. The average molecular weight is 282 g/mol. The van der Waals surface area contributed by atoms with Crippen molar-refractivity contribution in [2.24, 2.45) is 4.99 Å². The maximum atomic E-state index is 4.75. The minimum absolute atomic E-state index is 0.0271. The average Bonchev–Trinajstić information content (AvgIpc) is 2.46. The largest absolute Gasteiger partial charge is 0.329 e. The van der Waals surface area contributed by atoms with Crippen molar-refractivity contribution in [2.45, 2.75) is 64.0 Å². The highest BCUT2D eigenvalue weighted by atomic mass is 15.2. The highest BCUT2D eigenvalue weighted by Crippen LogP contribution is 2.45. The Labute approximate surface area is 128 Å². The van der Waals surface area contributed by atoms with Crippen molar-refractivity contribution in [1.29, 1.82) is 0 Å². The normalized spacial score (nSPS) is 25.6. The maximum absolute atomic E-state index is 4.75. The molecule has 1 spiro atoms. The summed E-state index contributed by atoms with van der Waals surface area (Å²) in [6, 6.07) is 8.98. The smallest absolute Gasteiger partial charge is 0.0904 e. The van der Waals surface area contributed by atoms with Crippen molar-refractivity contribution < 1.29 is 0 Å². The molecule has 0 bridgehead atoms. The lowest BCUT2D eigenvalue weighted by molar-refractivity contribution is 0.174. The van der Waals surface area contributed by atoms with Gasteiger partial charge in [0.2, 0.25) is 0 Å². The van der Waals surface area contributed by atoms with Crippen molar-refractivity contribution in [3.8, 4) is 0 Å². The third kappa shape index (κ3) is 2.76. The molecule has 21 heavy (non-hydrogen) atoms. The molecule has 0 fully saturated rings. The number of hydrogen-bond acceptors (Lipinski definition) is 1. The van der Waals surface area contributed by atoms with Gasteiger partial charge in [-0.1, -0.05) is 30.3 Å². The van der Waals surface area contributed by atoms with Gasteiger partial charge in [-0.25, -0.2) is 0 Å². The van der Waals surface area contributed by atoms with E-state index in [2.05, 4.69) is 68.6 Å². The third-order valence-corrected chi connectivity index (χ3v) is 4.61. The minimum atomic E-state index is -0.0271. The quantitative estimate of drug-likeness (QED) is 0.540. The lowest BCUT2D eigenvalue weighted by atomic mass is 9.72. The van der Waals surface area contributed by atoms with Gasteiger partial charge < -0.3 is 4.90 Å². The Bertz CT molecular complexity index is 565. The van der Waals surface area contributed by atoms with Crippen LogP contribution in [0.5, 0.6) is 0 Å². The van der Waals surface area contributed by atoms with Gasteiger partial charge in [0.25, 0.3) is 0 Å². The SMILES string of the molecule is CC(C)(C)N=CN1C=CCCC12CCCc1ccccc12. The molecule has 2 heteroatoms. The second-order valence-electron chi connectivity index (χ2n) is 7.29. The summed E-state index contributed by atoms with van der Waals surface area (Å²) < 4.78 is 0. The van der Waals surface area contributed by atoms with Gasteiger partial charge in [0.15, 0.2) is 0 Å². The summed E-state index contributed by atoms with van der Waals surface area (Å²) in [5.41, 5.74) is 3.13. The summed E-state index contributed by atoms with van der Waals surface area (Å²) in [5.74, 6) is 0. The first-order valence-electron chi connectivity index (χ1n) is 8.10. The molecule has 1 heterocycles. The number of allylic oxidation sites excluding steroid dienone is 1. The summed E-state index contributed by atoms with van der Waals surface area (Å²) in [5, 5.41) is 0. The predicted molar refractivity (Wildman–Crippen MR) is 89.5 cm³/mol. The van der Waals surface area contributed by atoms with Gasteiger partial charge in [-0.15, -0.1) is 0 Å². The predicted octanol–water partition coefficient (Wildman–Crippen LogP) is 4.65. The summed E-state index contributed by atoms with van der Waals surface area (Å²) in [7, 11) is 0. The van der Waals surface area contributed by atoms with Gasteiger partial charge in [-0.05, 0) is 64.0 Å². The van der Waals surface area contributed by atoms with Crippen molar-refractivity contribution in [3.63, 3.8) is 0 Å². The van der Waals surface area contributed by atoms with Gasteiger partial charge >= 0.3 is 0 Å². The lowest BCUT2D eigenvalue weighted by Crippen LogP contribution is -2.46. The highest BCUT2D eigenvalue weighted by molar-refractivity contribution is 5.61. The van der Waals surface area contributed by atoms with Gasteiger partial charge in [0.1, 0.15) is 0 Å². The van der Waals surface area contributed by atoms with E-state index < -0.39 is 0 Å². The molecule has 3 rings (SSSR count). The molecular weight excluding hydrogens is 256 g/mol. The Kier molecular flexibility index (Phi) is 3.64. The van der Waals surface area contributed by atoms with Crippen LogP contribution in [-0.4, -0.2) is 16.8 Å². The number of rotatable bonds is 1. The Morgan fingerprint density at radius 3 is 2.81 bits per heavy atom. The summed E-state index contributed by atoms with van der Waals surface area (Å²) in [6.07, 6.45) is 12.6. The Hall–Kier alpha value is -1.57. The fraction of sp³-hybridized carbons (Fsp3) is 0.526. The number of fused-ring (bicyclic) bond motifs is 2. The summed E-state index contributed by atoms with van der Waals surface area (Å²) in [4.78, 5) is 7.13. The van der Waals surface area contributed by atoms with E-state index in [9.17, 15) is 0 Å². The molecule has 0 saturated heterocycles. The van der Waals surface area contributed by atoms with E-state index in [0.29, 0.717) is 0 Å². The van der Waals surface area contributed by atoms with Gasteiger partial charge in [0, 0.05) is 6.20 Å². The Morgan fingerprint density at radius 2 is 2.00 bits per heavy atom. The molecule has 1 aliphatic carbocycles. The fourth-order valence-corrected chi connectivity index (χ4v) is 3.59. The molecule has 0 saturated carbocycles. The van der Waals surface area contributed by atoms with E-state index in [1.807, 2.05) is 0 Å². The first kappa shape index (κ1) is 14.4. The third-order valence-electron chi connectivity index (χ3n) is 4.61. The van der Waals surface area contributed by atoms with Gasteiger partial charge in [0.05, 0.1) is 17.4 Å². The first-order chi connectivity index (χ1) is 10.0. The number of aryl methyl sites for hydroxylation is 1. The lowest BCUT2D eigenvalue weighted by Gasteiger charge is -2.47. The molecule has 112 valence electrons. The fourth-order valence-electron chi connectivity index (χ4n) is 3.59. The van der Waals surface area contributed by atoms with Crippen LogP contribution in [-0.2, 0) is 12.0 Å². The molecule has 0 N–H and O–H groups in total. The van der Waals surface area contributed by atoms with Crippen LogP contribution >= 0.6 is 0 Å². The van der Waals surface area contributed by atoms with Gasteiger partial charge in [-0.2, -0.15) is 0 Å². The van der Waals surface area contributed by atoms with E-state index in [0.717, 1.165) is 6.42 Å². The molecular formula is C19H26N2. The second-order valence-corrected chi connectivity index (χ2v) is 7.29. The maximum Gasteiger partial charge on any atom is 0.0904 e. The number of hydrogen-bond donors (Lipinski definition) is 0. The van der Waals surface area contributed by atoms with Crippen molar-refractivity contribution in [3.05, 3.63) is 47.7 Å². The molecule has 1 aliphatic heterocycles. The van der Waals surface area contributed by atoms with Crippen molar-refractivity contribution in [1.82, 2.24) is 4.90 Å². The molecule has 2 nitrogen and oxygen atoms in total. The van der Waals surface area contributed by atoms with E-state index in [1.54, 1.807) is 0 Å². The van der Waals surface area contributed by atoms with Crippen molar-refractivity contribution in [2.75, 3.05) is 0 Å². The Balaban J connectivity index is 2.03. The highest BCUT2D eigenvalue weighted by Gasteiger charge is 2.40. The molecule has 1 aromatic carbocycles. The van der Waals surface area contributed by atoms with Crippen LogP contribution in [0.2, 0.25) is 0 Å². The van der Waals surface area contributed by atoms with E-state index in [1.165, 1.54) is 36.8 Å². The van der Waals surface area contributed by atoms with Crippen LogP contribution in [0.25, 0.3) is 0 Å². The summed E-state index contributed by atoms with van der Waals surface area (Å²) in [6.45, 7) is 6.45. The van der Waals surface area contributed by atoms with E-state index in [-0.39, 0.29) is 11.1 Å². The van der Waals surface area contributed by atoms with Crippen LogP contribution in [0, 0.1) is 0 Å². The van der Waals surface area contributed by atoms with Crippen LogP contribution in [0.1, 0.15) is 57.6 Å². The molecule has 0 aromatic heterocycles. The van der Waals surface area contributed by atoms with Gasteiger partial charge in [-0.3, -0.25) is 4.99 Å². The number of aliphatic imine (C=N–C) groups is 1. The van der Waals surface area contributed by atoms with Crippen LogP contribution < -0.4 is 0 Å². The van der Waals surface area contributed by atoms with E-state index >= 15 is 0 Å². The minimum Gasteiger partial charge on any atom is -0.329 e. The van der Waals surface area contributed by atoms with E-state index in [4.69, 9.17) is 4.99 Å². The monoisotopic (exact) mass is 282 g/mol. The zero-order chi connectivity index (χ0) is 14.9. The standard InChI is InChI=1S/C19H26N2/c1-18(2,3)20-15-21-14-7-6-12-19(21)13-8-10-16-9-4-5-11-17(16)19/h4-5,7,9,11,14-15H,6,8,10,12-13H2,1-3H3. The zero-order valence-corrected chi connectivity index (χ0v) is 13.5. The topological polar surface area (TPSA) is 15.6 Å². The molecule has 1 unspecified atom stereocenters. The summed E-state index contributed by atoms with van der Waals surface area (Å²) >= 11 is 0. The molecule has 1 aromatic rings. The molecule has 0 radical (unpaired) electrons. The zero-order valence-electron chi connectivity index (χ0n) is 13.5. The molecule has 1 atom stereocenters. The second kappa shape index (κ2) is 5.32. The van der Waals surface area contributed by atoms with Crippen LogP contribution in [0.3, 0.4) is 0 Å². The van der Waals surface area contributed by atoms with Crippen molar-refractivity contribution >= 4 is 6.34 Å². The molecule has 0 amide bonds. The van der Waals surface area contributed by atoms with Crippen LogP contribution in [0.15, 0.2) is 41.5 Å². The molecule has 2 aliphatic rings.